The molecule has 2 N–H and O–H groups in total. The lowest BCUT2D eigenvalue weighted by atomic mass is 10.1. The second kappa shape index (κ2) is 11.7. The maximum atomic E-state index is 13.0. The number of ether oxygens (including phenoxy) is 2. The van der Waals surface area contributed by atoms with Crippen molar-refractivity contribution in [1.29, 1.82) is 0 Å². The number of carbonyl (C=O) groups excluding carboxylic acids is 3. The average Bonchev–Trinajstić information content (AvgIpc) is 3.30. The predicted octanol–water partition coefficient (Wildman–Crippen LogP) is 2.87. The third-order valence-electron chi connectivity index (χ3n) is 5.60. The van der Waals surface area contributed by atoms with Gasteiger partial charge in [0.05, 0.1) is 24.7 Å². The Morgan fingerprint density at radius 1 is 1.13 bits per heavy atom. The molecular weight excluding hydrogens is 398 g/mol. The van der Waals surface area contributed by atoms with Crippen molar-refractivity contribution in [2.24, 2.45) is 0 Å². The van der Waals surface area contributed by atoms with Crippen molar-refractivity contribution in [3.63, 3.8) is 0 Å². The van der Waals surface area contributed by atoms with Gasteiger partial charge in [0.2, 0.25) is 5.91 Å². The Bertz CT molecular complexity index is 770. The van der Waals surface area contributed by atoms with E-state index in [4.69, 9.17) is 9.47 Å². The number of esters is 1. The lowest BCUT2D eigenvalue weighted by Crippen LogP contribution is -2.35. The Kier molecular flexibility index (Phi) is 8.70. The van der Waals surface area contributed by atoms with E-state index in [1.54, 1.807) is 13.0 Å². The van der Waals surface area contributed by atoms with Crippen molar-refractivity contribution in [2.45, 2.75) is 58.0 Å². The van der Waals surface area contributed by atoms with Crippen molar-refractivity contribution in [2.75, 3.05) is 43.1 Å². The highest BCUT2D eigenvalue weighted by Gasteiger charge is 2.22. The molecule has 0 bridgehead atoms. The highest BCUT2D eigenvalue weighted by atomic mass is 16.5. The molecule has 0 radical (unpaired) electrons. The summed E-state index contributed by atoms with van der Waals surface area (Å²) in [4.78, 5) is 39.0. The molecule has 2 aliphatic heterocycles. The van der Waals surface area contributed by atoms with Gasteiger partial charge < -0.3 is 25.0 Å². The maximum Gasteiger partial charge on any atom is 0.306 e. The fourth-order valence-corrected chi connectivity index (χ4v) is 3.99. The number of nitrogens with zero attached hydrogens (tertiary/aromatic N) is 1. The molecule has 0 unspecified atom stereocenters. The molecule has 1 aromatic rings. The molecule has 0 aliphatic carbocycles. The van der Waals surface area contributed by atoms with E-state index in [1.807, 2.05) is 12.1 Å². The third-order valence-corrected chi connectivity index (χ3v) is 5.60. The van der Waals surface area contributed by atoms with Gasteiger partial charge in [-0.05, 0) is 57.2 Å². The van der Waals surface area contributed by atoms with Gasteiger partial charge in [-0.25, -0.2) is 0 Å². The van der Waals surface area contributed by atoms with Gasteiger partial charge >= 0.3 is 5.97 Å². The number of hydrogen-bond acceptors (Lipinski definition) is 6. The van der Waals surface area contributed by atoms with Crippen LogP contribution in [0.25, 0.3) is 0 Å². The van der Waals surface area contributed by atoms with E-state index in [2.05, 4.69) is 15.5 Å². The van der Waals surface area contributed by atoms with Gasteiger partial charge in [0, 0.05) is 44.0 Å². The Morgan fingerprint density at radius 2 is 1.94 bits per heavy atom. The minimum Gasteiger partial charge on any atom is -0.466 e. The number of hydrogen-bond donors (Lipinski definition) is 2. The quantitative estimate of drug-likeness (QED) is 0.584. The van der Waals surface area contributed by atoms with E-state index >= 15 is 0 Å². The minimum absolute atomic E-state index is 0.0280. The van der Waals surface area contributed by atoms with Gasteiger partial charge in [-0.3, -0.25) is 14.4 Å². The fourth-order valence-electron chi connectivity index (χ4n) is 3.99. The van der Waals surface area contributed by atoms with Crippen LogP contribution in [-0.4, -0.2) is 56.7 Å². The SMILES string of the molecule is CCOC(=O)CCC(=O)Nc1ccc(N2CCCCC2)c(C(=O)NC[C@H]2CCCO2)c1. The lowest BCUT2D eigenvalue weighted by molar-refractivity contribution is -0.144. The van der Waals surface area contributed by atoms with Crippen molar-refractivity contribution in [1.82, 2.24) is 5.32 Å². The zero-order valence-corrected chi connectivity index (χ0v) is 18.3. The van der Waals surface area contributed by atoms with Gasteiger partial charge in [-0.15, -0.1) is 0 Å². The minimum atomic E-state index is -0.396. The van der Waals surface area contributed by atoms with Crippen LogP contribution < -0.4 is 15.5 Å². The Labute approximate surface area is 183 Å². The molecule has 8 heteroatoms. The summed E-state index contributed by atoms with van der Waals surface area (Å²) in [6.07, 6.45) is 5.50. The summed E-state index contributed by atoms with van der Waals surface area (Å²) >= 11 is 0. The molecule has 2 fully saturated rings. The van der Waals surface area contributed by atoms with E-state index in [0.717, 1.165) is 51.1 Å². The smallest absolute Gasteiger partial charge is 0.306 e. The first kappa shape index (κ1) is 23.1. The van der Waals surface area contributed by atoms with E-state index < -0.39 is 5.97 Å². The topological polar surface area (TPSA) is 97.0 Å². The molecule has 3 rings (SSSR count). The summed E-state index contributed by atoms with van der Waals surface area (Å²) < 4.78 is 10.5. The van der Waals surface area contributed by atoms with Crippen LogP contribution >= 0.6 is 0 Å². The summed E-state index contributed by atoms with van der Waals surface area (Å²) in [6, 6.07) is 5.42. The summed E-state index contributed by atoms with van der Waals surface area (Å²) in [6.45, 7) is 5.08. The van der Waals surface area contributed by atoms with Crippen LogP contribution in [0, 0.1) is 0 Å². The molecule has 8 nitrogen and oxygen atoms in total. The lowest BCUT2D eigenvalue weighted by Gasteiger charge is -2.30. The molecule has 2 heterocycles. The maximum absolute atomic E-state index is 13.0. The molecule has 0 saturated carbocycles. The molecule has 1 aromatic carbocycles. The number of piperidine rings is 1. The second-order valence-electron chi connectivity index (χ2n) is 7.98. The summed E-state index contributed by atoms with van der Waals surface area (Å²) in [5.74, 6) is -0.851. The molecule has 31 heavy (non-hydrogen) atoms. The molecule has 2 amide bonds. The predicted molar refractivity (Wildman–Crippen MR) is 118 cm³/mol. The second-order valence-corrected chi connectivity index (χ2v) is 7.98. The largest absolute Gasteiger partial charge is 0.466 e. The van der Waals surface area contributed by atoms with Gasteiger partial charge in [0.25, 0.3) is 5.91 Å². The monoisotopic (exact) mass is 431 g/mol. The highest BCUT2D eigenvalue weighted by molar-refractivity contribution is 6.02. The first-order chi connectivity index (χ1) is 15.1. The third kappa shape index (κ3) is 6.95. The first-order valence-corrected chi connectivity index (χ1v) is 11.3. The van der Waals surface area contributed by atoms with Crippen molar-refractivity contribution in [3.8, 4) is 0 Å². The number of anilines is 2. The van der Waals surface area contributed by atoms with Crippen LogP contribution in [0.4, 0.5) is 11.4 Å². The number of carbonyl (C=O) groups is 3. The van der Waals surface area contributed by atoms with Crippen LogP contribution in [0.1, 0.15) is 62.2 Å². The molecule has 0 aromatic heterocycles. The number of amides is 2. The molecule has 0 spiro atoms. The van der Waals surface area contributed by atoms with Crippen molar-refractivity contribution in [3.05, 3.63) is 23.8 Å². The van der Waals surface area contributed by atoms with Crippen molar-refractivity contribution < 1.29 is 23.9 Å². The fraction of sp³-hybridized carbons (Fsp3) is 0.609. The zero-order valence-electron chi connectivity index (χ0n) is 18.3. The zero-order chi connectivity index (χ0) is 22.1. The number of rotatable bonds is 9. The van der Waals surface area contributed by atoms with Gasteiger partial charge in [0.1, 0.15) is 0 Å². The first-order valence-electron chi connectivity index (χ1n) is 11.3. The van der Waals surface area contributed by atoms with Gasteiger partial charge in [-0.2, -0.15) is 0 Å². The van der Waals surface area contributed by atoms with E-state index in [-0.39, 0.29) is 30.8 Å². The Morgan fingerprint density at radius 3 is 2.65 bits per heavy atom. The highest BCUT2D eigenvalue weighted by Crippen LogP contribution is 2.27. The Hall–Kier alpha value is -2.61. The molecular formula is C23H33N3O5. The summed E-state index contributed by atoms with van der Waals surface area (Å²) in [5.41, 5.74) is 1.97. The van der Waals surface area contributed by atoms with E-state index in [0.29, 0.717) is 24.4 Å². The van der Waals surface area contributed by atoms with Crippen molar-refractivity contribution >= 4 is 29.2 Å². The molecule has 2 aliphatic rings. The molecule has 2 saturated heterocycles. The molecule has 170 valence electrons. The standard InChI is InChI=1S/C23H33N3O5/c1-2-30-22(28)11-10-21(27)25-17-8-9-20(26-12-4-3-5-13-26)19(15-17)23(29)24-16-18-7-6-14-31-18/h8-9,15,18H,2-7,10-14,16H2,1H3,(H,24,29)(H,25,27)/t18-/m1/s1. The van der Waals surface area contributed by atoms with E-state index in [9.17, 15) is 14.4 Å². The van der Waals surface area contributed by atoms with E-state index in [1.165, 1.54) is 6.42 Å². The van der Waals surface area contributed by atoms with Crippen LogP contribution in [0.3, 0.4) is 0 Å². The van der Waals surface area contributed by atoms with Crippen LogP contribution in [0.2, 0.25) is 0 Å². The van der Waals surface area contributed by atoms with Gasteiger partial charge in [0.15, 0.2) is 0 Å². The summed E-state index contributed by atoms with van der Waals surface area (Å²) in [5, 5.41) is 5.78. The van der Waals surface area contributed by atoms with Gasteiger partial charge in [-0.1, -0.05) is 0 Å². The number of nitrogens with one attached hydrogen (secondary N) is 2. The average molecular weight is 432 g/mol. The Balaban J connectivity index is 1.68. The summed E-state index contributed by atoms with van der Waals surface area (Å²) in [7, 11) is 0. The van der Waals surface area contributed by atoms with Crippen LogP contribution in [0.5, 0.6) is 0 Å². The van der Waals surface area contributed by atoms with Crippen LogP contribution in [-0.2, 0) is 19.1 Å². The normalized spacial score (nSPS) is 18.5. The molecule has 1 atom stereocenters. The van der Waals surface area contributed by atoms with Crippen LogP contribution in [0.15, 0.2) is 18.2 Å². The number of benzene rings is 1.